The predicted molar refractivity (Wildman–Crippen MR) is 71.5 cm³/mol. The minimum atomic E-state index is 0.837. The molecule has 0 fully saturated rings. The number of hydrogen-bond donors (Lipinski definition) is 1. The van der Waals surface area contributed by atoms with E-state index in [0.29, 0.717) is 0 Å². The molecule has 0 aliphatic heterocycles. The van der Waals surface area contributed by atoms with E-state index in [-0.39, 0.29) is 0 Å². The molecule has 0 aliphatic rings. The highest BCUT2D eigenvalue weighted by Crippen LogP contribution is 2.24. The molecule has 1 nitrogen and oxygen atoms in total. The molecule has 0 N–H and O–H groups in total. The van der Waals surface area contributed by atoms with Gasteiger partial charge in [-0.3, -0.25) is 0 Å². The topological polar surface area (TPSA) is 13.1 Å². The first-order chi connectivity index (χ1) is 7.65. The van der Waals surface area contributed by atoms with Crippen LogP contribution in [-0.2, 0) is 0 Å². The summed E-state index contributed by atoms with van der Waals surface area (Å²) in [7, 11) is 0. The van der Waals surface area contributed by atoms with Crippen LogP contribution in [-0.4, -0.2) is 0 Å². The van der Waals surface area contributed by atoms with Gasteiger partial charge in [0.15, 0.2) is 0 Å². The highest BCUT2D eigenvalue weighted by Gasteiger charge is 2.03. The minimum Gasteiger partial charge on any atom is -0.457 e. The SMILES string of the molecule is C/C(S)=C\c1ccc(-c2cccc(C)c2)o1. The van der Waals surface area contributed by atoms with E-state index in [9.17, 15) is 0 Å². The number of benzene rings is 1. The van der Waals surface area contributed by atoms with Gasteiger partial charge in [-0.2, -0.15) is 0 Å². The zero-order chi connectivity index (χ0) is 11.5. The van der Waals surface area contributed by atoms with Crippen molar-refractivity contribution in [2.75, 3.05) is 0 Å². The molecular formula is C14H14OS. The van der Waals surface area contributed by atoms with E-state index < -0.39 is 0 Å². The first-order valence-corrected chi connectivity index (χ1v) is 5.64. The summed E-state index contributed by atoms with van der Waals surface area (Å²) in [6, 6.07) is 12.2. The van der Waals surface area contributed by atoms with Gasteiger partial charge in [-0.1, -0.05) is 23.8 Å². The van der Waals surface area contributed by atoms with Gasteiger partial charge in [0.2, 0.25) is 0 Å². The van der Waals surface area contributed by atoms with Gasteiger partial charge in [-0.15, -0.1) is 12.6 Å². The maximum absolute atomic E-state index is 5.71. The Morgan fingerprint density at radius 2 is 2.06 bits per heavy atom. The highest BCUT2D eigenvalue weighted by molar-refractivity contribution is 7.84. The summed E-state index contributed by atoms with van der Waals surface area (Å²) < 4.78 is 5.71. The largest absolute Gasteiger partial charge is 0.457 e. The first kappa shape index (κ1) is 11.1. The van der Waals surface area contributed by atoms with Crippen LogP contribution in [0.25, 0.3) is 17.4 Å². The van der Waals surface area contributed by atoms with Gasteiger partial charge >= 0.3 is 0 Å². The lowest BCUT2D eigenvalue weighted by molar-refractivity contribution is 0.571. The van der Waals surface area contributed by atoms with Crippen molar-refractivity contribution in [2.24, 2.45) is 0 Å². The molecule has 0 radical (unpaired) electrons. The fraction of sp³-hybridized carbons (Fsp3) is 0.143. The van der Waals surface area contributed by atoms with Crippen LogP contribution in [0.5, 0.6) is 0 Å². The molecule has 0 unspecified atom stereocenters. The number of allylic oxidation sites excluding steroid dienone is 1. The number of rotatable bonds is 2. The lowest BCUT2D eigenvalue weighted by Crippen LogP contribution is -1.75. The average molecular weight is 230 g/mol. The lowest BCUT2D eigenvalue weighted by atomic mass is 10.1. The molecule has 82 valence electrons. The Bertz CT molecular complexity index is 519. The Morgan fingerprint density at radius 3 is 2.75 bits per heavy atom. The van der Waals surface area contributed by atoms with Gasteiger partial charge in [0.25, 0.3) is 0 Å². The van der Waals surface area contributed by atoms with Crippen molar-refractivity contribution >= 4 is 18.7 Å². The van der Waals surface area contributed by atoms with E-state index in [1.165, 1.54) is 5.56 Å². The molecule has 2 heteroatoms. The molecule has 1 aromatic heterocycles. The van der Waals surface area contributed by atoms with E-state index in [4.69, 9.17) is 4.42 Å². The Morgan fingerprint density at radius 1 is 1.25 bits per heavy atom. The second kappa shape index (κ2) is 4.62. The third-order valence-electron chi connectivity index (χ3n) is 2.28. The number of hydrogen-bond acceptors (Lipinski definition) is 2. The fourth-order valence-electron chi connectivity index (χ4n) is 1.59. The molecule has 2 aromatic rings. The second-order valence-electron chi connectivity index (χ2n) is 3.86. The molecular weight excluding hydrogens is 216 g/mol. The van der Waals surface area contributed by atoms with Crippen LogP contribution in [0.3, 0.4) is 0 Å². The van der Waals surface area contributed by atoms with Gasteiger partial charge in [0.1, 0.15) is 11.5 Å². The maximum atomic E-state index is 5.71. The van der Waals surface area contributed by atoms with Crippen molar-refractivity contribution in [3.8, 4) is 11.3 Å². The summed E-state index contributed by atoms with van der Waals surface area (Å²) in [6.07, 6.45) is 1.91. The van der Waals surface area contributed by atoms with E-state index in [1.54, 1.807) is 0 Å². The van der Waals surface area contributed by atoms with Gasteiger partial charge in [-0.05, 0) is 43.0 Å². The number of furan rings is 1. The Balaban J connectivity index is 2.35. The zero-order valence-corrected chi connectivity index (χ0v) is 10.3. The molecule has 0 bridgehead atoms. The average Bonchev–Trinajstić information content (AvgIpc) is 2.65. The van der Waals surface area contributed by atoms with Crippen molar-refractivity contribution in [1.29, 1.82) is 0 Å². The fourth-order valence-corrected chi connectivity index (χ4v) is 1.72. The quantitative estimate of drug-likeness (QED) is 0.747. The van der Waals surface area contributed by atoms with E-state index >= 15 is 0 Å². The van der Waals surface area contributed by atoms with Crippen molar-refractivity contribution in [3.63, 3.8) is 0 Å². The Hall–Kier alpha value is -1.41. The van der Waals surface area contributed by atoms with Gasteiger partial charge < -0.3 is 4.42 Å². The van der Waals surface area contributed by atoms with Crippen molar-refractivity contribution in [2.45, 2.75) is 13.8 Å². The van der Waals surface area contributed by atoms with Crippen LogP contribution >= 0.6 is 12.6 Å². The van der Waals surface area contributed by atoms with E-state index in [1.807, 2.05) is 37.3 Å². The minimum absolute atomic E-state index is 0.837. The normalized spacial score (nSPS) is 11.8. The van der Waals surface area contributed by atoms with Crippen molar-refractivity contribution < 1.29 is 4.42 Å². The van der Waals surface area contributed by atoms with Crippen molar-refractivity contribution in [3.05, 3.63) is 52.6 Å². The smallest absolute Gasteiger partial charge is 0.134 e. The predicted octanol–water partition coefficient (Wildman–Crippen LogP) is 4.55. The molecule has 0 spiro atoms. The first-order valence-electron chi connectivity index (χ1n) is 5.19. The molecule has 1 heterocycles. The Labute approximate surface area is 101 Å². The molecule has 0 saturated heterocycles. The summed E-state index contributed by atoms with van der Waals surface area (Å²) in [5.41, 5.74) is 2.34. The van der Waals surface area contributed by atoms with Crippen LogP contribution in [0, 0.1) is 6.92 Å². The van der Waals surface area contributed by atoms with Crippen LogP contribution in [0.15, 0.2) is 45.7 Å². The third kappa shape index (κ3) is 2.58. The summed E-state index contributed by atoms with van der Waals surface area (Å²) >= 11 is 4.22. The van der Waals surface area contributed by atoms with Crippen LogP contribution in [0.1, 0.15) is 18.2 Å². The van der Waals surface area contributed by atoms with Gasteiger partial charge in [0, 0.05) is 5.56 Å². The molecule has 0 amide bonds. The summed E-state index contributed by atoms with van der Waals surface area (Å²) in [4.78, 5) is 0.935. The summed E-state index contributed by atoms with van der Waals surface area (Å²) in [5.74, 6) is 1.73. The zero-order valence-electron chi connectivity index (χ0n) is 9.40. The van der Waals surface area contributed by atoms with Gasteiger partial charge in [-0.25, -0.2) is 0 Å². The molecule has 1 aromatic carbocycles. The third-order valence-corrected chi connectivity index (χ3v) is 2.41. The lowest BCUT2D eigenvalue weighted by Gasteiger charge is -1.98. The monoisotopic (exact) mass is 230 g/mol. The standard InChI is InChI=1S/C14H14OS/c1-10-4-3-5-12(8-10)14-7-6-13(15-14)9-11(2)16/h3-9,16H,1-2H3/b11-9+. The highest BCUT2D eigenvalue weighted by atomic mass is 32.1. The molecule has 0 atom stereocenters. The van der Waals surface area contributed by atoms with E-state index in [0.717, 1.165) is 22.0 Å². The van der Waals surface area contributed by atoms with Crippen LogP contribution in [0.2, 0.25) is 0 Å². The molecule has 0 aliphatic carbocycles. The van der Waals surface area contributed by atoms with Crippen LogP contribution in [0.4, 0.5) is 0 Å². The molecule has 0 saturated carbocycles. The molecule has 2 rings (SSSR count). The second-order valence-corrected chi connectivity index (χ2v) is 4.56. The summed E-state index contributed by atoms with van der Waals surface area (Å²) in [6.45, 7) is 4.00. The van der Waals surface area contributed by atoms with Gasteiger partial charge in [0.05, 0.1) is 0 Å². The molecule has 16 heavy (non-hydrogen) atoms. The van der Waals surface area contributed by atoms with Crippen molar-refractivity contribution in [1.82, 2.24) is 0 Å². The number of thiol groups is 1. The van der Waals surface area contributed by atoms with E-state index in [2.05, 4.69) is 31.7 Å². The Kier molecular flexibility index (Phi) is 3.20. The van der Waals surface area contributed by atoms with Crippen LogP contribution < -0.4 is 0 Å². The summed E-state index contributed by atoms with van der Waals surface area (Å²) in [5, 5.41) is 0. The maximum Gasteiger partial charge on any atom is 0.134 e. The number of aryl methyl sites for hydroxylation is 1.